The number of aliphatic imine (C=N–C) groups is 1. The maximum Gasteiger partial charge on any atom is 0.363 e. The molecule has 5 aliphatic rings. The number of nitro benzene ring substituents is 1. The van der Waals surface area contributed by atoms with Crippen LogP contribution in [0.4, 0.5) is 5.69 Å². The van der Waals surface area contributed by atoms with E-state index in [-0.39, 0.29) is 11.1 Å². The van der Waals surface area contributed by atoms with Crippen LogP contribution in [-0.2, 0) is 9.53 Å². The molecule has 0 N–H and O–H groups in total. The maximum absolute atomic E-state index is 12.3. The molecule has 26 heavy (non-hydrogen) atoms. The molecule has 0 aromatic heterocycles. The molecule has 1 aliphatic heterocycles. The minimum Gasteiger partial charge on any atom is -0.406 e. The Morgan fingerprint density at radius 2 is 1.65 bits per heavy atom. The molecule has 0 radical (unpaired) electrons. The Balaban J connectivity index is 1.44. The molecule has 4 aliphatic carbocycles. The Morgan fingerprint density at radius 1 is 1.08 bits per heavy atom. The molecular weight excluding hydrogens is 332 g/mol. The standard InChI is InChI=1S/C20H20N2O4/c23-18-17(8-12-1-3-16(4-2-12)22(24)25)21-19(26-18)20-9-13-5-14(10-20)7-15(6-13)11-20/h1-4,8,13-15H,5-7,9-11H2/b17-8+. The molecule has 1 heterocycles. The van der Waals surface area contributed by atoms with E-state index >= 15 is 0 Å². The Hall–Kier alpha value is -2.50. The van der Waals surface area contributed by atoms with Crippen LogP contribution in [0.25, 0.3) is 6.08 Å². The lowest BCUT2D eigenvalue weighted by atomic mass is 9.49. The van der Waals surface area contributed by atoms with Crippen molar-refractivity contribution in [3.63, 3.8) is 0 Å². The van der Waals surface area contributed by atoms with Gasteiger partial charge in [-0.3, -0.25) is 10.1 Å². The van der Waals surface area contributed by atoms with E-state index in [9.17, 15) is 14.9 Å². The van der Waals surface area contributed by atoms with Crippen LogP contribution < -0.4 is 0 Å². The Labute approximate surface area is 151 Å². The lowest BCUT2D eigenvalue weighted by Gasteiger charge is -2.55. The fourth-order valence-corrected chi connectivity index (χ4v) is 5.86. The van der Waals surface area contributed by atoms with Gasteiger partial charge in [0.25, 0.3) is 5.69 Å². The minimum atomic E-state index is -0.440. The van der Waals surface area contributed by atoms with E-state index in [4.69, 9.17) is 4.74 Å². The lowest BCUT2D eigenvalue weighted by molar-refractivity contribution is -0.384. The van der Waals surface area contributed by atoms with Crippen molar-refractivity contribution >= 4 is 23.6 Å². The van der Waals surface area contributed by atoms with Gasteiger partial charge in [-0.2, -0.15) is 0 Å². The second-order valence-corrected chi connectivity index (χ2v) is 8.38. The molecule has 0 spiro atoms. The number of rotatable bonds is 3. The van der Waals surface area contributed by atoms with Crippen molar-refractivity contribution in [2.45, 2.75) is 38.5 Å². The first kappa shape index (κ1) is 15.7. The van der Waals surface area contributed by atoms with Gasteiger partial charge in [0.1, 0.15) is 0 Å². The zero-order valence-electron chi connectivity index (χ0n) is 14.4. The first-order valence-electron chi connectivity index (χ1n) is 9.28. The monoisotopic (exact) mass is 352 g/mol. The second kappa shape index (κ2) is 5.50. The fraction of sp³-hybridized carbons (Fsp3) is 0.500. The SMILES string of the molecule is O=C1OC(C23CC4CC(CC(C4)C2)C3)=N/C1=C/c1ccc([N+](=O)[O-])cc1. The number of benzene rings is 1. The highest BCUT2D eigenvalue weighted by molar-refractivity contribution is 6.09. The predicted octanol–water partition coefficient (Wildman–Crippen LogP) is 4.11. The largest absolute Gasteiger partial charge is 0.406 e. The summed E-state index contributed by atoms with van der Waals surface area (Å²) in [6.07, 6.45) is 8.91. The number of esters is 1. The van der Waals surface area contributed by atoms with Crippen LogP contribution in [0.3, 0.4) is 0 Å². The summed E-state index contributed by atoms with van der Waals surface area (Å²) in [4.78, 5) is 27.2. The number of hydrogen-bond donors (Lipinski definition) is 0. The maximum atomic E-state index is 12.3. The van der Waals surface area contributed by atoms with Crippen LogP contribution in [0, 0.1) is 33.3 Å². The van der Waals surface area contributed by atoms with E-state index in [0.717, 1.165) is 37.0 Å². The summed E-state index contributed by atoms with van der Waals surface area (Å²) in [5.74, 6) is 2.48. The van der Waals surface area contributed by atoms with E-state index in [0.29, 0.717) is 17.2 Å². The quantitative estimate of drug-likeness (QED) is 0.355. The van der Waals surface area contributed by atoms with Gasteiger partial charge < -0.3 is 4.74 Å². The first-order valence-corrected chi connectivity index (χ1v) is 9.28. The zero-order chi connectivity index (χ0) is 17.9. The molecule has 4 fully saturated rings. The molecule has 1 aromatic carbocycles. The van der Waals surface area contributed by atoms with Gasteiger partial charge in [0.2, 0.25) is 5.90 Å². The number of hydrogen-bond acceptors (Lipinski definition) is 5. The van der Waals surface area contributed by atoms with Gasteiger partial charge in [0.15, 0.2) is 5.70 Å². The van der Waals surface area contributed by atoms with Crippen LogP contribution in [0.1, 0.15) is 44.1 Å². The summed E-state index contributed by atoms with van der Waals surface area (Å²) < 4.78 is 5.63. The number of carbonyl (C=O) groups is 1. The van der Waals surface area contributed by atoms with Gasteiger partial charge in [0, 0.05) is 17.5 Å². The minimum absolute atomic E-state index is 0.0268. The number of non-ortho nitro benzene ring substituents is 1. The van der Waals surface area contributed by atoms with E-state index in [1.807, 2.05) is 0 Å². The van der Waals surface area contributed by atoms with Crippen LogP contribution in [0.5, 0.6) is 0 Å². The molecule has 0 unspecified atom stereocenters. The molecule has 4 bridgehead atoms. The van der Waals surface area contributed by atoms with E-state index < -0.39 is 10.9 Å². The van der Waals surface area contributed by atoms with Crippen LogP contribution in [0.2, 0.25) is 0 Å². The number of nitrogens with zero attached hydrogens (tertiary/aromatic N) is 2. The van der Waals surface area contributed by atoms with Crippen molar-refractivity contribution in [1.29, 1.82) is 0 Å². The van der Waals surface area contributed by atoms with Gasteiger partial charge >= 0.3 is 5.97 Å². The Morgan fingerprint density at radius 3 is 2.19 bits per heavy atom. The van der Waals surface area contributed by atoms with Crippen molar-refractivity contribution in [2.75, 3.05) is 0 Å². The number of nitro groups is 1. The molecule has 6 heteroatoms. The Bertz CT molecular complexity index is 818. The first-order chi connectivity index (χ1) is 12.5. The molecule has 0 saturated heterocycles. The van der Waals surface area contributed by atoms with Gasteiger partial charge in [-0.05, 0) is 80.1 Å². The van der Waals surface area contributed by atoms with E-state index in [1.54, 1.807) is 18.2 Å². The normalized spacial score (nSPS) is 36.3. The van der Waals surface area contributed by atoms with Crippen molar-refractivity contribution in [3.05, 3.63) is 45.6 Å². The highest BCUT2D eigenvalue weighted by Crippen LogP contribution is 2.61. The zero-order valence-corrected chi connectivity index (χ0v) is 14.4. The molecule has 6 rings (SSSR count). The fourth-order valence-electron chi connectivity index (χ4n) is 5.86. The third-order valence-electron chi connectivity index (χ3n) is 6.52. The van der Waals surface area contributed by atoms with Crippen molar-refractivity contribution < 1.29 is 14.5 Å². The van der Waals surface area contributed by atoms with E-state index in [1.165, 1.54) is 31.4 Å². The summed E-state index contributed by atoms with van der Waals surface area (Å²) in [6, 6.07) is 6.10. The number of ether oxygens (including phenoxy) is 1. The molecule has 6 nitrogen and oxygen atoms in total. The summed E-state index contributed by atoms with van der Waals surface area (Å²) >= 11 is 0. The number of carbonyl (C=O) groups excluding carboxylic acids is 1. The second-order valence-electron chi connectivity index (χ2n) is 8.38. The predicted molar refractivity (Wildman–Crippen MR) is 95.2 cm³/mol. The average Bonchev–Trinajstić information content (AvgIpc) is 2.96. The van der Waals surface area contributed by atoms with E-state index in [2.05, 4.69) is 4.99 Å². The number of cyclic esters (lactones) is 1. The van der Waals surface area contributed by atoms with Gasteiger partial charge in [-0.1, -0.05) is 0 Å². The highest BCUT2D eigenvalue weighted by Gasteiger charge is 2.55. The molecule has 1 aromatic rings. The molecule has 4 saturated carbocycles. The van der Waals surface area contributed by atoms with Crippen LogP contribution in [0.15, 0.2) is 35.0 Å². The van der Waals surface area contributed by atoms with Gasteiger partial charge in [0.05, 0.1) is 4.92 Å². The van der Waals surface area contributed by atoms with Crippen LogP contribution in [-0.4, -0.2) is 16.8 Å². The van der Waals surface area contributed by atoms with Gasteiger partial charge in [-0.15, -0.1) is 0 Å². The topological polar surface area (TPSA) is 81.8 Å². The van der Waals surface area contributed by atoms with Crippen LogP contribution >= 0.6 is 0 Å². The van der Waals surface area contributed by atoms with Crippen molar-refractivity contribution in [1.82, 2.24) is 0 Å². The van der Waals surface area contributed by atoms with Gasteiger partial charge in [-0.25, -0.2) is 9.79 Å². The third-order valence-corrected chi connectivity index (χ3v) is 6.52. The summed E-state index contributed by atoms with van der Waals surface area (Å²) in [6.45, 7) is 0. The average molecular weight is 352 g/mol. The molecule has 0 atom stereocenters. The van der Waals surface area contributed by atoms with Crippen molar-refractivity contribution in [3.8, 4) is 0 Å². The third kappa shape index (κ3) is 2.47. The summed E-state index contributed by atoms with van der Waals surface area (Å²) in [5.41, 5.74) is 0.983. The summed E-state index contributed by atoms with van der Waals surface area (Å²) in [5, 5.41) is 10.8. The lowest BCUT2D eigenvalue weighted by Crippen LogP contribution is -2.50. The van der Waals surface area contributed by atoms with Crippen molar-refractivity contribution in [2.24, 2.45) is 28.2 Å². The smallest absolute Gasteiger partial charge is 0.363 e. The summed E-state index contributed by atoms with van der Waals surface area (Å²) in [7, 11) is 0. The molecule has 134 valence electrons. The molecule has 0 amide bonds. The Kier molecular flexibility index (Phi) is 3.33. The highest BCUT2D eigenvalue weighted by atomic mass is 16.6. The molecular formula is C20H20N2O4.